The number of amides is 1. The molecule has 3 aromatic heterocycles. The number of fused-ring (bicyclic) bond motifs is 1. The van der Waals surface area contributed by atoms with Crippen molar-refractivity contribution in [1.82, 2.24) is 19.7 Å². The highest BCUT2D eigenvalue weighted by Crippen LogP contribution is 2.41. The van der Waals surface area contributed by atoms with E-state index in [0.717, 1.165) is 57.4 Å². The van der Waals surface area contributed by atoms with Crippen LogP contribution in [0.4, 0.5) is 4.79 Å². The maximum Gasteiger partial charge on any atom is 0.407 e. The van der Waals surface area contributed by atoms with Gasteiger partial charge in [-0.25, -0.2) is 4.79 Å². The van der Waals surface area contributed by atoms with Crippen LogP contribution in [-0.2, 0) is 0 Å². The molecule has 7 nitrogen and oxygen atoms in total. The van der Waals surface area contributed by atoms with Crippen LogP contribution in [0.15, 0.2) is 89.9 Å². The normalized spacial score (nSPS) is 14.5. The third-order valence-electron chi connectivity index (χ3n) is 6.70. The lowest BCUT2D eigenvalue weighted by atomic mass is 9.98. The Bertz CT molecular complexity index is 1500. The third kappa shape index (κ3) is 3.95. The maximum absolute atomic E-state index is 11.2. The van der Waals surface area contributed by atoms with E-state index in [9.17, 15) is 9.90 Å². The average molecular weight is 465 g/mol. The second-order valence-corrected chi connectivity index (χ2v) is 8.84. The summed E-state index contributed by atoms with van der Waals surface area (Å²) in [6.07, 6.45) is 8.20. The Morgan fingerprint density at radius 1 is 0.886 bits per heavy atom. The summed E-state index contributed by atoms with van der Waals surface area (Å²) >= 11 is 0. The lowest BCUT2D eigenvalue weighted by Gasteiger charge is -2.30. The summed E-state index contributed by atoms with van der Waals surface area (Å²) < 4.78 is 8.30. The van der Waals surface area contributed by atoms with Crippen molar-refractivity contribution in [2.24, 2.45) is 0 Å². The number of likely N-dealkylation sites (tertiary alicyclic amines) is 1. The molecule has 1 N–H and O–H groups in total. The van der Waals surface area contributed by atoms with Crippen molar-refractivity contribution < 1.29 is 14.3 Å². The predicted molar refractivity (Wildman–Crippen MR) is 134 cm³/mol. The number of piperidine rings is 1. The molecule has 6 rings (SSSR count). The Balaban J connectivity index is 1.35. The highest BCUT2D eigenvalue weighted by molar-refractivity contribution is 6.01. The number of nitrogens with zero attached hydrogens (tertiary/aromatic N) is 4. The molecule has 5 aromatic rings. The second-order valence-electron chi connectivity index (χ2n) is 8.84. The van der Waals surface area contributed by atoms with E-state index in [4.69, 9.17) is 4.42 Å². The van der Waals surface area contributed by atoms with E-state index >= 15 is 0 Å². The zero-order valence-electron chi connectivity index (χ0n) is 19.0. The molecule has 0 radical (unpaired) electrons. The highest BCUT2D eigenvalue weighted by Gasteiger charge is 2.24. The van der Waals surface area contributed by atoms with E-state index in [-0.39, 0.29) is 6.04 Å². The van der Waals surface area contributed by atoms with Crippen molar-refractivity contribution in [3.8, 4) is 33.6 Å². The Morgan fingerprint density at radius 2 is 1.63 bits per heavy atom. The number of pyridine rings is 1. The molecule has 0 spiro atoms. The maximum atomic E-state index is 11.2. The van der Waals surface area contributed by atoms with Crippen molar-refractivity contribution >= 4 is 17.1 Å². The topological polar surface area (TPSA) is 84.4 Å². The predicted octanol–water partition coefficient (Wildman–Crippen LogP) is 6.34. The molecule has 0 bridgehead atoms. The van der Waals surface area contributed by atoms with Gasteiger partial charge in [-0.15, -0.1) is 0 Å². The first-order valence-electron chi connectivity index (χ1n) is 11.7. The molecule has 2 aromatic carbocycles. The monoisotopic (exact) mass is 464 g/mol. The number of carbonyl (C=O) groups is 1. The molecule has 1 aliphatic rings. The summed E-state index contributed by atoms with van der Waals surface area (Å²) in [5.41, 5.74) is 5.82. The number of hydrogen-bond donors (Lipinski definition) is 1. The van der Waals surface area contributed by atoms with Gasteiger partial charge in [0.05, 0.1) is 12.2 Å². The number of furan rings is 1. The van der Waals surface area contributed by atoms with Crippen LogP contribution < -0.4 is 0 Å². The van der Waals surface area contributed by atoms with Crippen molar-refractivity contribution in [1.29, 1.82) is 0 Å². The first-order valence-corrected chi connectivity index (χ1v) is 11.7. The standard InChI is InChI=1S/C28H24N4O3/c33-28(34)31-12-10-23(11-13-31)32-18-22(17-30-32)20-14-21(16-29-15-20)27-26(19-6-2-1-3-7-19)24-8-4-5-9-25(24)35-27/h1-9,14-18,23H,10-13H2,(H,33,34). The molecule has 4 heterocycles. The van der Waals surface area contributed by atoms with Crippen LogP contribution in [0.2, 0.25) is 0 Å². The van der Waals surface area contributed by atoms with Crippen molar-refractivity contribution in [2.45, 2.75) is 18.9 Å². The molecule has 1 amide bonds. The van der Waals surface area contributed by atoms with Crippen LogP contribution in [0, 0.1) is 0 Å². The molecule has 1 aliphatic heterocycles. The van der Waals surface area contributed by atoms with E-state index in [1.165, 1.54) is 4.90 Å². The van der Waals surface area contributed by atoms with E-state index in [1.807, 2.05) is 65.9 Å². The number of para-hydroxylation sites is 1. The van der Waals surface area contributed by atoms with Crippen LogP contribution in [0.3, 0.4) is 0 Å². The van der Waals surface area contributed by atoms with Gasteiger partial charge in [0.1, 0.15) is 11.3 Å². The van der Waals surface area contributed by atoms with Gasteiger partial charge in [0.2, 0.25) is 0 Å². The average Bonchev–Trinajstić information content (AvgIpc) is 3.55. The molecule has 0 unspecified atom stereocenters. The number of rotatable bonds is 4. The summed E-state index contributed by atoms with van der Waals surface area (Å²) in [6.45, 7) is 1.06. The summed E-state index contributed by atoms with van der Waals surface area (Å²) in [4.78, 5) is 17.2. The zero-order valence-corrected chi connectivity index (χ0v) is 19.0. The molecular formula is C28H24N4O3. The van der Waals surface area contributed by atoms with Gasteiger partial charge in [0, 0.05) is 59.3 Å². The molecule has 1 saturated heterocycles. The lowest BCUT2D eigenvalue weighted by Crippen LogP contribution is -2.38. The van der Waals surface area contributed by atoms with Crippen LogP contribution in [0.25, 0.3) is 44.5 Å². The van der Waals surface area contributed by atoms with Gasteiger partial charge in [-0.2, -0.15) is 5.10 Å². The molecule has 7 heteroatoms. The van der Waals surface area contributed by atoms with Crippen LogP contribution in [0.5, 0.6) is 0 Å². The Hall–Kier alpha value is -4.39. The lowest BCUT2D eigenvalue weighted by molar-refractivity contribution is 0.124. The second kappa shape index (κ2) is 8.76. The minimum absolute atomic E-state index is 0.190. The van der Waals surface area contributed by atoms with E-state index in [1.54, 1.807) is 0 Å². The number of aromatic nitrogens is 3. The van der Waals surface area contributed by atoms with Gasteiger partial charge >= 0.3 is 6.09 Å². The van der Waals surface area contributed by atoms with Crippen molar-refractivity contribution in [3.63, 3.8) is 0 Å². The molecule has 0 atom stereocenters. The first kappa shape index (κ1) is 21.2. The molecule has 0 saturated carbocycles. The Morgan fingerprint density at radius 3 is 2.43 bits per heavy atom. The van der Waals surface area contributed by atoms with E-state index in [0.29, 0.717) is 13.1 Å². The number of carboxylic acid groups (broad SMARTS) is 1. The highest BCUT2D eigenvalue weighted by atomic mass is 16.4. The SMILES string of the molecule is O=C(O)N1CCC(n2cc(-c3cncc(-c4oc5ccccc5c4-c4ccccc4)c3)cn2)CC1. The quantitative estimate of drug-likeness (QED) is 0.335. The number of hydrogen-bond acceptors (Lipinski definition) is 4. The summed E-state index contributed by atoms with van der Waals surface area (Å²) in [5, 5.41) is 14.9. The summed E-state index contributed by atoms with van der Waals surface area (Å²) in [7, 11) is 0. The van der Waals surface area contributed by atoms with Gasteiger partial charge in [-0.05, 0) is 30.5 Å². The minimum Gasteiger partial charge on any atom is -0.465 e. The van der Waals surface area contributed by atoms with Crippen LogP contribution in [-0.4, -0.2) is 44.0 Å². The van der Waals surface area contributed by atoms with Crippen molar-refractivity contribution in [3.05, 3.63) is 85.5 Å². The third-order valence-corrected chi connectivity index (χ3v) is 6.70. The fraction of sp³-hybridized carbons (Fsp3) is 0.179. The van der Waals surface area contributed by atoms with Gasteiger partial charge in [0.15, 0.2) is 0 Å². The van der Waals surface area contributed by atoms with E-state index < -0.39 is 6.09 Å². The molecule has 174 valence electrons. The Kier molecular flexibility index (Phi) is 5.29. The van der Waals surface area contributed by atoms with Crippen molar-refractivity contribution in [2.75, 3.05) is 13.1 Å². The van der Waals surface area contributed by atoms with Gasteiger partial charge in [-0.3, -0.25) is 9.67 Å². The first-order chi connectivity index (χ1) is 17.2. The minimum atomic E-state index is -0.854. The van der Waals surface area contributed by atoms with E-state index in [2.05, 4.69) is 34.3 Å². The molecule has 0 aliphatic carbocycles. The van der Waals surface area contributed by atoms with Gasteiger partial charge < -0.3 is 14.4 Å². The molecule has 1 fully saturated rings. The smallest absolute Gasteiger partial charge is 0.407 e. The fourth-order valence-electron chi connectivity index (χ4n) is 4.87. The largest absolute Gasteiger partial charge is 0.465 e. The van der Waals surface area contributed by atoms with Crippen LogP contribution >= 0.6 is 0 Å². The number of benzene rings is 2. The zero-order chi connectivity index (χ0) is 23.8. The molecular weight excluding hydrogens is 440 g/mol. The van der Waals surface area contributed by atoms with Gasteiger partial charge in [-0.1, -0.05) is 48.5 Å². The summed E-state index contributed by atoms with van der Waals surface area (Å²) in [5.74, 6) is 0.792. The van der Waals surface area contributed by atoms with Crippen LogP contribution in [0.1, 0.15) is 18.9 Å². The van der Waals surface area contributed by atoms with Gasteiger partial charge in [0.25, 0.3) is 0 Å². The Labute approximate surface area is 202 Å². The summed E-state index contributed by atoms with van der Waals surface area (Å²) in [6, 6.07) is 20.6. The fourth-order valence-corrected chi connectivity index (χ4v) is 4.87. The molecule has 35 heavy (non-hydrogen) atoms.